The molecule has 0 saturated carbocycles. The highest BCUT2D eigenvalue weighted by molar-refractivity contribution is 9.10. The van der Waals surface area contributed by atoms with Gasteiger partial charge in [0.1, 0.15) is 0 Å². The molecule has 5 rings (SSSR count). The monoisotopic (exact) mass is 483 g/mol. The number of benzene rings is 3. The Balaban J connectivity index is 1.68. The first-order chi connectivity index (χ1) is 15.5. The van der Waals surface area contributed by atoms with E-state index in [9.17, 15) is 9.59 Å². The number of carbonyl (C=O) groups is 2. The van der Waals surface area contributed by atoms with E-state index in [1.165, 1.54) is 5.56 Å². The topological polar surface area (TPSA) is 39.1 Å². The standard InChI is InChI=1S/C28H22BrNO2/c1-18(31)19-9-13-24(14-10-19)30-26(21-7-11-23(29)12-8-21)17-25-27(30)15-22(16-28(25)32)20-5-3-2-4-6-20/h2-14,17,22H,15-16H2,1H3. The minimum absolute atomic E-state index is 0.0403. The lowest BCUT2D eigenvalue weighted by atomic mass is 9.82. The van der Waals surface area contributed by atoms with E-state index in [-0.39, 0.29) is 17.5 Å². The van der Waals surface area contributed by atoms with Crippen LogP contribution in [0.2, 0.25) is 0 Å². The molecule has 1 atom stereocenters. The summed E-state index contributed by atoms with van der Waals surface area (Å²) in [5.41, 5.74) is 6.68. The zero-order valence-corrected chi connectivity index (χ0v) is 19.3. The summed E-state index contributed by atoms with van der Waals surface area (Å²) in [6.07, 6.45) is 1.31. The number of rotatable bonds is 4. The van der Waals surface area contributed by atoms with Crippen molar-refractivity contribution in [3.8, 4) is 16.9 Å². The van der Waals surface area contributed by atoms with Gasteiger partial charge >= 0.3 is 0 Å². The zero-order valence-electron chi connectivity index (χ0n) is 17.7. The van der Waals surface area contributed by atoms with Gasteiger partial charge in [0.05, 0.1) is 5.69 Å². The van der Waals surface area contributed by atoms with Crippen LogP contribution in [0.4, 0.5) is 0 Å². The van der Waals surface area contributed by atoms with Crippen LogP contribution in [-0.4, -0.2) is 16.1 Å². The third-order valence-electron chi connectivity index (χ3n) is 6.22. The Morgan fingerprint density at radius 1 is 0.906 bits per heavy atom. The van der Waals surface area contributed by atoms with E-state index in [0.29, 0.717) is 12.0 Å². The maximum absolute atomic E-state index is 13.2. The Hall–Kier alpha value is -3.24. The van der Waals surface area contributed by atoms with Crippen molar-refractivity contribution in [3.05, 3.63) is 112 Å². The van der Waals surface area contributed by atoms with Crippen molar-refractivity contribution in [1.29, 1.82) is 0 Å². The molecule has 1 aliphatic carbocycles. The molecule has 0 amide bonds. The molecule has 1 aromatic heterocycles. The van der Waals surface area contributed by atoms with Gasteiger partial charge in [0, 0.05) is 33.4 Å². The van der Waals surface area contributed by atoms with Crippen LogP contribution in [0.1, 0.15) is 51.2 Å². The minimum Gasteiger partial charge on any atom is -0.313 e. The van der Waals surface area contributed by atoms with Crippen molar-refractivity contribution in [2.45, 2.75) is 25.7 Å². The van der Waals surface area contributed by atoms with Crippen molar-refractivity contribution in [2.24, 2.45) is 0 Å². The second kappa shape index (κ2) is 8.36. The molecule has 3 nitrogen and oxygen atoms in total. The lowest BCUT2D eigenvalue weighted by Gasteiger charge is -2.24. The fourth-order valence-electron chi connectivity index (χ4n) is 4.57. The molecule has 0 fully saturated rings. The normalized spacial score (nSPS) is 15.4. The summed E-state index contributed by atoms with van der Waals surface area (Å²) in [6, 6.07) is 28.1. The van der Waals surface area contributed by atoms with Crippen molar-refractivity contribution in [1.82, 2.24) is 4.57 Å². The molecule has 1 aliphatic rings. The second-order valence-electron chi connectivity index (χ2n) is 8.27. The summed E-state index contributed by atoms with van der Waals surface area (Å²) in [6.45, 7) is 1.57. The van der Waals surface area contributed by atoms with Gasteiger partial charge in [0.2, 0.25) is 0 Å². The number of Topliss-reactive ketones (excluding diaryl/α,β-unsaturated/α-hetero) is 2. The van der Waals surface area contributed by atoms with E-state index in [4.69, 9.17) is 0 Å². The molecule has 1 unspecified atom stereocenters. The van der Waals surface area contributed by atoms with Gasteiger partial charge in [-0.2, -0.15) is 0 Å². The number of ketones is 2. The highest BCUT2D eigenvalue weighted by Crippen LogP contribution is 2.39. The molecule has 4 aromatic rings. The molecule has 0 saturated heterocycles. The number of fused-ring (bicyclic) bond motifs is 1. The van der Waals surface area contributed by atoms with Gasteiger partial charge in [0.15, 0.2) is 11.6 Å². The van der Waals surface area contributed by atoms with Crippen LogP contribution in [0.15, 0.2) is 89.4 Å². The van der Waals surface area contributed by atoms with E-state index in [1.807, 2.05) is 60.7 Å². The smallest absolute Gasteiger partial charge is 0.165 e. The molecule has 32 heavy (non-hydrogen) atoms. The van der Waals surface area contributed by atoms with E-state index >= 15 is 0 Å². The van der Waals surface area contributed by atoms with Crippen molar-refractivity contribution in [3.63, 3.8) is 0 Å². The Morgan fingerprint density at radius 2 is 1.59 bits per heavy atom. The third-order valence-corrected chi connectivity index (χ3v) is 6.75. The predicted octanol–water partition coefficient (Wildman–Crippen LogP) is 7.02. The summed E-state index contributed by atoms with van der Waals surface area (Å²) < 4.78 is 3.20. The summed E-state index contributed by atoms with van der Waals surface area (Å²) >= 11 is 3.51. The summed E-state index contributed by atoms with van der Waals surface area (Å²) in [5, 5.41) is 0. The first-order valence-electron chi connectivity index (χ1n) is 10.7. The summed E-state index contributed by atoms with van der Waals surface area (Å²) in [5.74, 6) is 0.371. The maximum Gasteiger partial charge on any atom is 0.165 e. The Labute approximate surface area is 195 Å². The van der Waals surface area contributed by atoms with Gasteiger partial charge in [0.25, 0.3) is 0 Å². The van der Waals surface area contributed by atoms with E-state index < -0.39 is 0 Å². The fourth-order valence-corrected chi connectivity index (χ4v) is 4.83. The fraction of sp³-hybridized carbons (Fsp3) is 0.143. The van der Waals surface area contributed by atoms with Crippen LogP contribution in [-0.2, 0) is 6.42 Å². The molecule has 3 aromatic carbocycles. The zero-order chi connectivity index (χ0) is 22.2. The van der Waals surface area contributed by atoms with Gasteiger partial charge in [-0.3, -0.25) is 9.59 Å². The molecule has 4 heteroatoms. The van der Waals surface area contributed by atoms with Gasteiger partial charge in [-0.15, -0.1) is 0 Å². The lowest BCUT2D eigenvalue weighted by Crippen LogP contribution is -2.20. The average Bonchev–Trinajstić information content (AvgIpc) is 3.20. The van der Waals surface area contributed by atoms with Crippen LogP contribution in [0, 0.1) is 0 Å². The predicted molar refractivity (Wildman–Crippen MR) is 131 cm³/mol. The largest absolute Gasteiger partial charge is 0.313 e. The van der Waals surface area contributed by atoms with Crippen LogP contribution in [0.25, 0.3) is 16.9 Å². The molecule has 0 bridgehead atoms. The van der Waals surface area contributed by atoms with Crippen LogP contribution in [0.3, 0.4) is 0 Å². The third kappa shape index (κ3) is 3.76. The van der Waals surface area contributed by atoms with Crippen LogP contribution in [0.5, 0.6) is 0 Å². The number of nitrogens with zero attached hydrogens (tertiary/aromatic N) is 1. The number of halogens is 1. The average molecular weight is 484 g/mol. The Bertz CT molecular complexity index is 1300. The SMILES string of the molecule is CC(=O)c1ccc(-n2c(-c3ccc(Br)cc3)cc3c2CC(c2ccccc2)CC3=O)cc1. The molecule has 0 N–H and O–H groups in total. The Kier molecular flexibility index (Phi) is 5.40. The van der Waals surface area contributed by atoms with Gasteiger partial charge in [-0.05, 0) is 72.9 Å². The molecule has 158 valence electrons. The van der Waals surface area contributed by atoms with Gasteiger partial charge in [-0.25, -0.2) is 0 Å². The minimum atomic E-state index is 0.0403. The quantitative estimate of drug-likeness (QED) is 0.292. The van der Waals surface area contributed by atoms with Crippen molar-refractivity contribution >= 4 is 27.5 Å². The first-order valence-corrected chi connectivity index (χ1v) is 11.5. The van der Waals surface area contributed by atoms with E-state index in [2.05, 4.69) is 44.8 Å². The Morgan fingerprint density at radius 3 is 2.25 bits per heavy atom. The first kappa shape index (κ1) is 20.7. The molecular weight excluding hydrogens is 462 g/mol. The highest BCUT2D eigenvalue weighted by Gasteiger charge is 2.31. The maximum atomic E-state index is 13.2. The van der Waals surface area contributed by atoms with E-state index in [0.717, 1.165) is 39.1 Å². The molecule has 0 aliphatic heterocycles. The second-order valence-corrected chi connectivity index (χ2v) is 9.19. The summed E-state index contributed by atoms with van der Waals surface area (Å²) in [7, 11) is 0. The number of hydrogen-bond acceptors (Lipinski definition) is 2. The highest BCUT2D eigenvalue weighted by atomic mass is 79.9. The number of carbonyl (C=O) groups excluding carboxylic acids is 2. The number of hydrogen-bond donors (Lipinski definition) is 0. The van der Waals surface area contributed by atoms with Crippen molar-refractivity contribution in [2.75, 3.05) is 0 Å². The lowest BCUT2D eigenvalue weighted by molar-refractivity contribution is 0.0962. The molecule has 0 spiro atoms. The van der Waals surface area contributed by atoms with Crippen LogP contribution < -0.4 is 0 Å². The summed E-state index contributed by atoms with van der Waals surface area (Å²) in [4.78, 5) is 25.0. The van der Waals surface area contributed by atoms with Crippen LogP contribution >= 0.6 is 15.9 Å². The van der Waals surface area contributed by atoms with Crippen molar-refractivity contribution < 1.29 is 9.59 Å². The van der Waals surface area contributed by atoms with Gasteiger partial charge in [-0.1, -0.05) is 58.4 Å². The van der Waals surface area contributed by atoms with E-state index in [1.54, 1.807) is 6.92 Å². The molecule has 0 radical (unpaired) electrons. The number of aromatic nitrogens is 1. The molecular formula is C28H22BrNO2. The molecule has 1 heterocycles. The van der Waals surface area contributed by atoms with Gasteiger partial charge < -0.3 is 4.57 Å².